The van der Waals surface area contributed by atoms with Crippen molar-refractivity contribution >= 4 is 23.2 Å². The molecule has 2 heterocycles. The number of piperidine rings is 1. The first-order chi connectivity index (χ1) is 10.1. The van der Waals surface area contributed by atoms with Crippen LogP contribution in [0.5, 0.6) is 0 Å². The van der Waals surface area contributed by atoms with E-state index >= 15 is 0 Å². The first-order valence-electron chi connectivity index (χ1n) is 7.24. The van der Waals surface area contributed by atoms with Crippen molar-refractivity contribution in [2.45, 2.75) is 26.3 Å². The van der Waals surface area contributed by atoms with E-state index in [0.29, 0.717) is 15.5 Å². The van der Waals surface area contributed by atoms with E-state index in [4.69, 9.17) is 23.2 Å². The molecule has 1 aliphatic rings. The number of hydrogen-bond acceptors (Lipinski definition) is 2. The van der Waals surface area contributed by atoms with Gasteiger partial charge in [-0.15, -0.1) is 0 Å². The zero-order valence-corrected chi connectivity index (χ0v) is 13.6. The van der Waals surface area contributed by atoms with Gasteiger partial charge in [0.2, 0.25) is 0 Å². The smallest absolute Gasteiger partial charge is 0.0951 e. The summed E-state index contributed by atoms with van der Waals surface area (Å²) in [6.45, 7) is 5.46. The predicted octanol–water partition coefficient (Wildman–Crippen LogP) is 4.25. The van der Waals surface area contributed by atoms with Gasteiger partial charge in [0.15, 0.2) is 0 Å². The maximum absolute atomic E-state index is 6.33. The van der Waals surface area contributed by atoms with E-state index in [-0.39, 0.29) is 0 Å². The van der Waals surface area contributed by atoms with Gasteiger partial charge in [-0.2, -0.15) is 0 Å². The van der Waals surface area contributed by atoms with Crippen molar-refractivity contribution in [1.29, 1.82) is 0 Å². The van der Waals surface area contributed by atoms with Crippen LogP contribution in [-0.2, 0) is 6.54 Å². The first-order valence-corrected chi connectivity index (χ1v) is 7.99. The largest absolute Gasteiger partial charge is 0.330 e. The lowest BCUT2D eigenvalue weighted by atomic mass is 9.81. The molecule has 0 aliphatic carbocycles. The quantitative estimate of drug-likeness (QED) is 0.915. The Morgan fingerprint density at radius 2 is 2.05 bits per heavy atom. The van der Waals surface area contributed by atoms with Gasteiger partial charge < -0.3 is 9.88 Å². The number of benzene rings is 1. The van der Waals surface area contributed by atoms with Crippen molar-refractivity contribution in [3.63, 3.8) is 0 Å². The molecule has 0 bridgehead atoms. The lowest BCUT2D eigenvalue weighted by Gasteiger charge is -2.34. The van der Waals surface area contributed by atoms with Gasteiger partial charge in [0.25, 0.3) is 0 Å². The highest BCUT2D eigenvalue weighted by molar-refractivity contribution is 6.35. The molecule has 0 amide bonds. The van der Waals surface area contributed by atoms with Crippen molar-refractivity contribution in [2.75, 3.05) is 13.1 Å². The maximum Gasteiger partial charge on any atom is 0.0951 e. The molecule has 0 spiro atoms. The van der Waals surface area contributed by atoms with Crippen LogP contribution in [0.4, 0.5) is 0 Å². The van der Waals surface area contributed by atoms with Crippen LogP contribution in [0.2, 0.25) is 10.0 Å². The fourth-order valence-electron chi connectivity index (χ4n) is 2.96. The minimum absolute atomic E-state index is 0.297. The summed E-state index contributed by atoms with van der Waals surface area (Å²) in [5.41, 5.74) is 2.27. The Labute approximate surface area is 135 Å². The van der Waals surface area contributed by atoms with Gasteiger partial charge >= 0.3 is 0 Å². The number of hydrogen-bond donors (Lipinski definition) is 1. The topological polar surface area (TPSA) is 29.9 Å². The Bertz CT molecular complexity index is 630. The molecule has 5 heteroatoms. The number of aromatic nitrogens is 2. The molecule has 112 valence electrons. The molecule has 2 aromatic rings. The number of imidazole rings is 1. The van der Waals surface area contributed by atoms with E-state index in [9.17, 15) is 0 Å². The standard InChI is InChI=1S/C16H19Cl2N3/c1-16(4-6-19-7-5-16)10-21-11-20-9-15(21)13-8-12(17)2-3-14(13)18/h2-3,8-9,11,19H,4-7,10H2,1H3. The first kappa shape index (κ1) is 14.9. The number of nitrogens with one attached hydrogen (secondary N) is 1. The second kappa shape index (κ2) is 5.99. The third-order valence-corrected chi connectivity index (χ3v) is 4.84. The summed E-state index contributed by atoms with van der Waals surface area (Å²) in [6.07, 6.45) is 6.10. The fraction of sp³-hybridized carbons (Fsp3) is 0.438. The Hall–Kier alpha value is -1.03. The lowest BCUT2D eigenvalue weighted by molar-refractivity contribution is 0.195. The summed E-state index contributed by atoms with van der Waals surface area (Å²) < 4.78 is 2.20. The molecule has 3 nitrogen and oxygen atoms in total. The maximum atomic E-state index is 6.33. The zero-order chi connectivity index (χ0) is 14.9. The molecule has 0 unspecified atom stereocenters. The zero-order valence-electron chi connectivity index (χ0n) is 12.1. The van der Waals surface area contributed by atoms with Crippen LogP contribution in [0.15, 0.2) is 30.7 Å². The molecule has 3 rings (SSSR count). The van der Waals surface area contributed by atoms with Crippen LogP contribution >= 0.6 is 23.2 Å². The van der Waals surface area contributed by atoms with Gasteiger partial charge in [0.05, 0.1) is 23.2 Å². The Morgan fingerprint density at radius 3 is 2.81 bits per heavy atom. The van der Waals surface area contributed by atoms with E-state index < -0.39 is 0 Å². The molecule has 0 saturated carbocycles. The molecule has 21 heavy (non-hydrogen) atoms. The fourth-order valence-corrected chi connectivity index (χ4v) is 3.35. The monoisotopic (exact) mass is 323 g/mol. The van der Waals surface area contributed by atoms with Gasteiger partial charge in [0.1, 0.15) is 0 Å². The van der Waals surface area contributed by atoms with E-state index in [1.807, 2.05) is 30.7 Å². The molecule has 1 N–H and O–H groups in total. The van der Waals surface area contributed by atoms with Gasteiger partial charge in [0, 0.05) is 17.1 Å². The van der Waals surface area contributed by atoms with Crippen LogP contribution < -0.4 is 5.32 Å². The third-order valence-electron chi connectivity index (χ3n) is 4.28. The summed E-state index contributed by atoms with van der Waals surface area (Å²) in [4.78, 5) is 4.31. The summed E-state index contributed by atoms with van der Waals surface area (Å²) in [5.74, 6) is 0. The molecule has 1 aromatic heterocycles. The van der Waals surface area contributed by atoms with Crippen molar-refractivity contribution in [3.8, 4) is 11.3 Å². The second-order valence-corrected chi connectivity index (χ2v) is 6.94. The van der Waals surface area contributed by atoms with Crippen LogP contribution in [0.3, 0.4) is 0 Å². The van der Waals surface area contributed by atoms with Gasteiger partial charge in [-0.3, -0.25) is 0 Å². The number of halogens is 2. The molecule has 0 atom stereocenters. The van der Waals surface area contributed by atoms with Gasteiger partial charge in [-0.1, -0.05) is 30.1 Å². The van der Waals surface area contributed by atoms with E-state index in [2.05, 4.69) is 21.8 Å². The van der Waals surface area contributed by atoms with Crippen molar-refractivity contribution in [2.24, 2.45) is 5.41 Å². The highest BCUT2D eigenvalue weighted by Crippen LogP contribution is 2.34. The normalized spacial score (nSPS) is 17.9. The minimum Gasteiger partial charge on any atom is -0.330 e. The SMILES string of the molecule is CC1(Cn2cncc2-c2cc(Cl)ccc2Cl)CCNCC1. The van der Waals surface area contributed by atoms with Crippen molar-refractivity contribution < 1.29 is 0 Å². The van der Waals surface area contributed by atoms with E-state index in [1.54, 1.807) is 0 Å². The van der Waals surface area contributed by atoms with Crippen molar-refractivity contribution in [3.05, 3.63) is 40.8 Å². The molecule has 1 saturated heterocycles. The number of rotatable bonds is 3. The Balaban J connectivity index is 1.92. The van der Waals surface area contributed by atoms with Crippen LogP contribution in [0, 0.1) is 5.41 Å². The summed E-state index contributed by atoms with van der Waals surface area (Å²) in [5, 5.41) is 4.81. The number of nitrogens with zero attached hydrogens (tertiary/aromatic N) is 2. The average Bonchev–Trinajstić information content (AvgIpc) is 2.89. The highest BCUT2D eigenvalue weighted by Gasteiger charge is 2.28. The Kier molecular flexibility index (Phi) is 4.25. The van der Waals surface area contributed by atoms with Crippen molar-refractivity contribution in [1.82, 2.24) is 14.9 Å². The summed E-state index contributed by atoms with van der Waals surface area (Å²) in [6, 6.07) is 5.55. The van der Waals surface area contributed by atoms with Crippen LogP contribution in [0.1, 0.15) is 19.8 Å². The lowest BCUT2D eigenvalue weighted by Crippen LogP contribution is -2.37. The molecule has 1 aliphatic heterocycles. The molecular weight excluding hydrogens is 305 g/mol. The second-order valence-electron chi connectivity index (χ2n) is 6.09. The van der Waals surface area contributed by atoms with Crippen LogP contribution in [0.25, 0.3) is 11.3 Å². The van der Waals surface area contributed by atoms with Crippen LogP contribution in [-0.4, -0.2) is 22.6 Å². The molecule has 1 fully saturated rings. The van der Waals surface area contributed by atoms with E-state index in [1.165, 1.54) is 12.8 Å². The predicted molar refractivity (Wildman–Crippen MR) is 87.9 cm³/mol. The average molecular weight is 324 g/mol. The highest BCUT2D eigenvalue weighted by atomic mass is 35.5. The Morgan fingerprint density at radius 1 is 1.29 bits per heavy atom. The summed E-state index contributed by atoms with van der Waals surface area (Å²) in [7, 11) is 0. The molecule has 1 aromatic carbocycles. The minimum atomic E-state index is 0.297. The third kappa shape index (κ3) is 3.25. The van der Waals surface area contributed by atoms with Gasteiger partial charge in [-0.25, -0.2) is 4.98 Å². The molecule has 0 radical (unpaired) electrons. The van der Waals surface area contributed by atoms with E-state index in [0.717, 1.165) is 30.9 Å². The molecular formula is C16H19Cl2N3. The summed E-state index contributed by atoms with van der Waals surface area (Å²) >= 11 is 12.4. The van der Waals surface area contributed by atoms with Gasteiger partial charge in [-0.05, 0) is 49.5 Å².